The van der Waals surface area contributed by atoms with Crippen LogP contribution in [0.2, 0.25) is 0 Å². The van der Waals surface area contributed by atoms with Crippen LogP contribution in [0, 0.1) is 12.7 Å². The summed E-state index contributed by atoms with van der Waals surface area (Å²) >= 11 is 1.23. The van der Waals surface area contributed by atoms with Gasteiger partial charge in [0.15, 0.2) is 5.13 Å². The van der Waals surface area contributed by atoms with Crippen LogP contribution < -0.4 is 5.32 Å². The third-order valence-corrected chi connectivity index (χ3v) is 3.76. The first-order chi connectivity index (χ1) is 9.54. The molecule has 1 N–H and O–H groups in total. The molecule has 1 amide bonds. The number of rotatable bonds is 2. The summed E-state index contributed by atoms with van der Waals surface area (Å²) in [6, 6.07) is 6.41. The molecule has 2 aromatic heterocycles. The molecule has 5 nitrogen and oxygen atoms in total. The standard InChI is InChI=1S/C13H11FN4OS/c1-7-6-9(18(2)17-7)12(19)16-13-15-11-8(14)4-3-5-10(11)20-13/h3-6H,1-2H3,(H,15,16,19). The van der Waals surface area contributed by atoms with Gasteiger partial charge in [-0.3, -0.25) is 14.8 Å². The van der Waals surface area contributed by atoms with Gasteiger partial charge in [0.2, 0.25) is 0 Å². The molecule has 0 fully saturated rings. The Labute approximate surface area is 118 Å². The topological polar surface area (TPSA) is 59.8 Å². The lowest BCUT2D eigenvalue weighted by atomic mass is 10.3. The van der Waals surface area contributed by atoms with Gasteiger partial charge in [0.1, 0.15) is 17.0 Å². The fourth-order valence-corrected chi connectivity index (χ4v) is 2.83. The van der Waals surface area contributed by atoms with Crippen molar-refractivity contribution in [1.82, 2.24) is 14.8 Å². The first-order valence-electron chi connectivity index (χ1n) is 5.91. The van der Waals surface area contributed by atoms with Gasteiger partial charge in [-0.05, 0) is 25.1 Å². The van der Waals surface area contributed by atoms with Crippen molar-refractivity contribution in [1.29, 1.82) is 0 Å². The van der Waals surface area contributed by atoms with Crippen LogP contribution in [-0.4, -0.2) is 20.7 Å². The molecule has 2 heterocycles. The maximum atomic E-state index is 13.5. The molecule has 3 aromatic rings. The van der Waals surface area contributed by atoms with Crippen molar-refractivity contribution >= 4 is 32.6 Å². The van der Waals surface area contributed by atoms with E-state index in [1.54, 1.807) is 25.2 Å². The molecule has 0 radical (unpaired) electrons. The fourth-order valence-electron chi connectivity index (χ4n) is 1.95. The summed E-state index contributed by atoms with van der Waals surface area (Å²) in [6.07, 6.45) is 0. The highest BCUT2D eigenvalue weighted by atomic mass is 32.1. The van der Waals surface area contributed by atoms with Crippen LogP contribution in [0.4, 0.5) is 9.52 Å². The Morgan fingerprint density at radius 1 is 1.45 bits per heavy atom. The third-order valence-electron chi connectivity index (χ3n) is 2.82. The van der Waals surface area contributed by atoms with Crippen molar-refractivity contribution in [2.75, 3.05) is 5.32 Å². The third kappa shape index (κ3) is 2.16. The number of halogens is 1. The highest BCUT2D eigenvalue weighted by molar-refractivity contribution is 7.22. The zero-order valence-electron chi connectivity index (χ0n) is 10.8. The number of fused-ring (bicyclic) bond motifs is 1. The van der Waals surface area contributed by atoms with Gasteiger partial charge in [0.25, 0.3) is 5.91 Å². The van der Waals surface area contributed by atoms with Gasteiger partial charge in [0, 0.05) is 7.05 Å². The minimum Gasteiger partial charge on any atom is -0.296 e. The Morgan fingerprint density at radius 3 is 2.90 bits per heavy atom. The fraction of sp³-hybridized carbons (Fsp3) is 0.154. The average molecular weight is 290 g/mol. The van der Waals surface area contributed by atoms with E-state index in [9.17, 15) is 9.18 Å². The number of para-hydroxylation sites is 1. The first kappa shape index (κ1) is 12.7. The molecule has 0 aliphatic rings. The number of anilines is 1. The molecule has 0 bridgehead atoms. The monoisotopic (exact) mass is 290 g/mol. The Kier molecular flexibility index (Phi) is 2.98. The highest BCUT2D eigenvalue weighted by Crippen LogP contribution is 2.27. The molecule has 20 heavy (non-hydrogen) atoms. The van der Waals surface area contributed by atoms with E-state index in [0.29, 0.717) is 15.5 Å². The summed E-state index contributed by atoms with van der Waals surface area (Å²) in [6.45, 7) is 1.81. The van der Waals surface area contributed by atoms with E-state index in [2.05, 4.69) is 15.4 Å². The van der Waals surface area contributed by atoms with Crippen molar-refractivity contribution in [3.8, 4) is 0 Å². The summed E-state index contributed by atoms with van der Waals surface area (Å²) in [5.41, 5.74) is 1.46. The number of hydrogen-bond acceptors (Lipinski definition) is 4. The number of nitrogens with one attached hydrogen (secondary N) is 1. The van der Waals surface area contributed by atoms with Gasteiger partial charge in [-0.25, -0.2) is 9.37 Å². The van der Waals surface area contributed by atoms with Crippen molar-refractivity contribution in [2.45, 2.75) is 6.92 Å². The van der Waals surface area contributed by atoms with Crippen molar-refractivity contribution in [3.05, 3.63) is 41.5 Å². The molecule has 0 spiro atoms. The normalized spacial score (nSPS) is 10.9. The van der Waals surface area contributed by atoms with Crippen molar-refractivity contribution in [3.63, 3.8) is 0 Å². The molecule has 3 rings (SSSR count). The quantitative estimate of drug-likeness (QED) is 0.789. The van der Waals surface area contributed by atoms with E-state index in [-0.39, 0.29) is 11.4 Å². The van der Waals surface area contributed by atoms with Crippen LogP contribution >= 0.6 is 11.3 Å². The maximum absolute atomic E-state index is 13.5. The molecule has 0 atom stereocenters. The summed E-state index contributed by atoms with van der Waals surface area (Å²) in [5.74, 6) is -0.705. The molecule has 0 saturated heterocycles. The molecule has 102 valence electrons. The molecule has 7 heteroatoms. The van der Waals surface area contributed by atoms with Gasteiger partial charge >= 0.3 is 0 Å². The second-order valence-corrected chi connectivity index (χ2v) is 5.38. The number of nitrogens with zero attached hydrogens (tertiary/aromatic N) is 3. The Balaban J connectivity index is 1.91. The lowest BCUT2D eigenvalue weighted by molar-refractivity contribution is 0.101. The molecular formula is C13H11FN4OS. The summed E-state index contributed by atoms with van der Waals surface area (Å²) in [5, 5.41) is 7.15. The second kappa shape index (κ2) is 4.68. The number of aromatic nitrogens is 3. The SMILES string of the molecule is Cc1cc(C(=O)Nc2nc3c(F)cccc3s2)n(C)n1. The minimum atomic E-state index is -0.393. The largest absolute Gasteiger partial charge is 0.296 e. The summed E-state index contributed by atoms with van der Waals surface area (Å²) in [4.78, 5) is 16.2. The number of aryl methyl sites for hydroxylation is 2. The van der Waals surface area contributed by atoms with Crippen molar-refractivity contribution in [2.24, 2.45) is 7.05 Å². The van der Waals surface area contributed by atoms with Crippen LogP contribution in [0.15, 0.2) is 24.3 Å². The van der Waals surface area contributed by atoms with E-state index in [0.717, 1.165) is 5.69 Å². The average Bonchev–Trinajstić information content (AvgIpc) is 2.93. The van der Waals surface area contributed by atoms with Crippen LogP contribution in [0.25, 0.3) is 10.2 Å². The van der Waals surface area contributed by atoms with Gasteiger partial charge in [-0.2, -0.15) is 5.10 Å². The van der Waals surface area contributed by atoms with Crippen molar-refractivity contribution < 1.29 is 9.18 Å². The number of carbonyl (C=O) groups excluding carboxylic acids is 1. The Hall–Kier alpha value is -2.28. The Bertz CT molecular complexity index is 808. The van der Waals surface area contributed by atoms with E-state index in [4.69, 9.17) is 0 Å². The zero-order valence-corrected chi connectivity index (χ0v) is 11.7. The van der Waals surface area contributed by atoms with Gasteiger partial charge in [-0.15, -0.1) is 0 Å². The first-order valence-corrected chi connectivity index (χ1v) is 6.73. The van der Waals surface area contributed by atoms with E-state index in [1.165, 1.54) is 22.1 Å². The van der Waals surface area contributed by atoms with Gasteiger partial charge < -0.3 is 0 Å². The number of benzene rings is 1. The molecule has 1 aromatic carbocycles. The number of thiazole rings is 1. The number of hydrogen-bond donors (Lipinski definition) is 1. The van der Waals surface area contributed by atoms with Crippen LogP contribution in [-0.2, 0) is 7.05 Å². The number of amides is 1. The minimum absolute atomic E-state index is 0.272. The molecule has 0 saturated carbocycles. The molecular weight excluding hydrogens is 279 g/mol. The smallest absolute Gasteiger partial charge is 0.275 e. The Morgan fingerprint density at radius 2 is 2.25 bits per heavy atom. The summed E-state index contributed by atoms with van der Waals surface area (Å²) < 4.78 is 15.7. The van der Waals surface area contributed by atoms with Crippen LogP contribution in [0.1, 0.15) is 16.2 Å². The van der Waals surface area contributed by atoms with E-state index < -0.39 is 5.82 Å². The summed E-state index contributed by atoms with van der Waals surface area (Å²) in [7, 11) is 1.69. The van der Waals surface area contributed by atoms with Gasteiger partial charge in [-0.1, -0.05) is 17.4 Å². The molecule has 0 unspecified atom stereocenters. The number of carbonyl (C=O) groups is 1. The highest BCUT2D eigenvalue weighted by Gasteiger charge is 2.15. The van der Waals surface area contributed by atoms with E-state index in [1.807, 2.05) is 6.92 Å². The second-order valence-electron chi connectivity index (χ2n) is 4.35. The molecule has 0 aliphatic carbocycles. The van der Waals surface area contributed by atoms with Crippen LogP contribution in [0.5, 0.6) is 0 Å². The zero-order chi connectivity index (χ0) is 14.3. The predicted octanol–water partition coefficient (Wildman–Crippen LogP) is 2.73. The maximum Gasteiger partial charge on any atom is 0.275 e. The predicted molar refractivity (Wildman–Crippen MR) is 75.5 cm³/mol. The lowest BCUT2D eigenvalue weighted by Gasteiger charge is -2.00. The van der Waals surface area contributed by atoms with Gasteiger partial charge in [0.05, 0.1) is 10.4 Å². The lowest BCUT2D eigenvalue weighted by Crippen LogP contribution is -2.15. The van der Waals surface area contributed by atoms with E-state index >= 15 is 0 Å². The van der Waals surface area contributed by atoms with Crippen LogP contribution in [0.3, 0.4) is 0 Å². The molecule has 0 aliphatic heterocycles.